The fraction of sp³-hybridized carbons (Fsp3) is 0.355. The lowest BCUT2D eigenvalue weighted by molar-refractivity contribution is -0.139. The van der Waals surface area contributed by atoms with Gasteiger partial charge in [0.15, 0.2) is 0 Å². The van der Waals surface area contributed by atoms with E-state index in [2.05, 4.69) is 5.32 Å². The predicted molar refractivity (Wildman–Crippen MR) is 155 cm³/mol. The monoisotopic (exact) mass is 581 g/mol. The summed E-state index contributed by atoms with van der Waals surface area (Å²) in [6.45, 7) is 1.09. The number of para-hydroxylation sites is 1. The highest BCUT2D eigenvalue weighted by atomic mass is 32.2. The van der Waals surface area contributed by atoms with E-state index in [0.29, 0.717) is 17.0 Å². The van der Waals surface area contributed by atoms with Crippen molar-refractivity contribution in [2.75, 3.05) is 18.0 Å². The average molecular weight is 582 g/mol. The summed E-state index contributed by atoms with van der Waals surface area (Å²) in [4.78, 5) is 28.6. The third kappa shape index (κ3) is 7.64. The first-order chi connectivity index (χ1) is 19.7. The summed E-state index contributed by atoms with van der Waals surface area (Å²) >= 11 is 0. The summed E-state index contributed by atoms with van der Waals surface area (Å²) in [6.07, 6.45) is 4.97. The van der Waals surface area contributed by atoms with Crippen molar-refractivity contribution in [3.63, 3.8) is 0 Å². The fourth-order valence-electron chi connectivity index (χ4n) is 4.94. The zero-order valence-corrected chi connectivity index (χ0v) is 24.1. The van der Waals surface area contributed by atoms with E-state index in [9.17, 15) is 22.4 Å². The van der Waals surface area contributed by atoms with E-state index in [4.69, 9.17) is 4.74 Å². The van der Waals surface area contributed by atoms with Gasteiger partial charge < -0.3 is 15.0 Å². The van der Waals surface area contributed by atoms with E-state index < -0.39 is 34.3 Å². The molecule has 0 saturated heterocycles. The van der Waals surface area contributed by atoms with Crippen LogP contribution < -0.4 is 14.4 Å². The Morgan fingerprint density at radius 3 is 2.20 bits per heavy atom. The highest BCUT2D eigenvalue weighted by Gasteiger charge is 2.33. The number of methoxy groups -OCH3 is 1. The summed E-state index contributed by atoms with van der Waals surface area (Å²) in [6, 6.07) is 19.1. The maximum absolute atomic E-state index is 14.0. The largest absolute Gasteiger partial charge is 0.497 e. The number of anilines is 1. The van der Waals surface area contributed by atoms with Crippen LogP contribution in [0.4, 0.5) is 10.1 Å². The molecule has 0 unspecified atom stereocenters. The number of hydrogen-bond acceptors (Lipinski definition) is 5. The van der Waals surface area contributed by atoms with Crippen LogP contribution in [0.3, 0.4) is 0 Å². The van der Waals surface area contributed by atoms with Crippen LogP contribution in [0.5, 0.6) is 5.75 Å². The van der Waals surface area contributed by atoms with Crippen LogP contribution in [0.2, 0.25) is 0 Å². The number of amides is 2. The number of benzene rings is 3. The molecule has 0 heterocycles. The normalized spacial score (nSPS) is 14.6. The lowest BCUT2D eigenvalue weighted by Crippen LogP contribution is -2.53. The van der Waals surface area contributed by atoms with Gasteiger partial charge in [0.05, 0.1) is 17.7 Å². The number of hydrogen-bond donors (Lipinski definition) is 1. The first-order valence-corrected chi connectivity index (χ1v) is 15.2. The Morgan fingerprint density at radius 2 is 1.59 bits per heavy atom. The Balaban J connectivity index is 1.65. The minimum absolute atomic E-state index is 0.00355. The maximum atomic E-state index is 14.0. The van der Waals surface area contributed by atoms with Crippen LogP contribution in [0.1, 0.15) is 44.6 Å². The zero-order valence-electron chi connectivity index (χ0n) is 23.3. The Hall–Kier alpha value is -3.92. The van der Waals surface area contributed by atoms with Gasteiger partial charge in [-0.25, -0.2) is 12.8 Å². The molecular weight excluding hydrogens is 545 g/mol. The van der Waals surface area contributed by atoms with Crippen LogP contribution in [0.15, 0.2) is 83.8 Å². The zero-order chi connectivity index (χ0) is 29.4. The second kappa shape index (κ2) is 13.6. The molecule has 1 atom stereocenters. The van der Waals surface area contributed by atoms with E-state index in [1.165, 1.54) is 48.4 Å². The van der Waals surface area contributed by atoms with E-state index in [1.54, 1.807) is 49.4 Å². The van der Waals surface area contributed by atoms with Gasteiger partial charge in [0.25, 0.3) is 10.0 Å². The number of carbonyl (C=O) groups is 2. The number of sulfonamides is 1. The highest BCUT2D eigenvalue weighted by molar-refractivity contribution is 7.92. The molecule has 10 heteroatoms. The predicted octanol–water partition coefficient (Wildman–Crippen LogP) is 4.90. The third-order valence-corrected chi connectivity index (χ3v) is 9.14. The highest BCUT2D eigenvalue weighted by Crippen LogP contribution is 2.26. The van der Waals surface area contributed by atoms with Gasteiger partial charge in [-0.3, -0.25) is 13.9 Å². The van der Waals surface area contributed by atoms with E-state index in [-0.39, 0.29) is 23.4 Å². The van der Waals surface area contributed by atoms with Crippen molar-refractivity contribution < 1.29 is 27.1 Å². The molecule has 0 aliphatic heterocycles. The molecule has 8 nitrogen and oxygen atoms in total. The minimum Gasteiger partial charge on any atom is -0.497 e. The Bertz CT molecular complexity index is 1410. The third-order valence-electron chi connectivity index (χ3n) is 7.36. The molecule has 0 radical (unpaired) electrons. The molecule has 1 saturated carbocycles. The molecule has 0 aromatic heterocycles. The molecule has 0 bridgehead atoms. The molecule has 41 heavy (non-hydrogen) atoms. The molecule has 0 spiro atoms. The van der Waals surface area contributed by atoms with E-state index >= 15 is 0 Å². The van der Waals surface area contributed by atoms with E-state index in [0.717, 1.165) is 36.4 Å². The lowest BCUT2D eigenvalue weighted by Gasteiger charge is -2.33. The number of rotatable bonds is 11. The maximum Gasteiger partial charge on any atom is 0.264 e. The van der Waals surface area contributed by atoms with Crippen LogP contribution in [-0.4, -0.2) is 50.9 Å². The van der Waals surface area contributed by atoms with Crippen molar-refractivity contribution in [3.05, 3.63) is 90.2 Å². The van der Waals surface area contributed by atoms with Crippen LogP contribution in [0.25, 0.3) is 0 Å². The lowest BCUT2D eigenvalue weighted by atomic mass is 9.95. The van der Waals surface area contributed by atoms with Crippen molar-refractivity contribution in [1.29, 1.82) is 0 Å². The van der Waals surface area contributed by atoms with Gasteiger partial charge in [0, 0.05) is 12.6 Å². The molecule has 2 amide bonds. The molecule has 1 N–H and O–H groups in total. The van der Waals surface area contributed by atoms with Crippen molar-refractivity contribution in [2.24, 2.45) is 0 Å². The summed E-state index contributed by atoms with van der Waals surface area (Å²) in [5, 5.41) is 3.06. The van der Waals surface area contributed by atoms with Gasteiger partial charge in [-0.05, 0) is 73.9 Å². The van der Waals surface area contributed by atoms with Gasteiger partial charge in [-0.15, -0.1) is 0 Å². The van der Waals surface area contributed by atoms with Gasteiger partial charge in [0.1, 0.15) is 24.2 Å². The topological polar surface area (TPSA) is 96.0 Å². The van der Waals surface area contributed by atoms with Crippen molar-refractivity contribution in [1.82, 2.24) is 10.2 Å². The Kier molecular flexibility index (Phi) is 9.99. The summed E-state index contributed by atoms with van der Waals surface area (Å²) in [5.41, 5.74) is 0.916. The second-order valence-electron chi connectivity index (χ2n) is 10.2. The van der Waals surface area contributed by atoms with Crippen LogP contribution >= 0.6 is 0 Å². The van der Waals surface area contributed by atoms with Crippen molar-refractivity contribution in [3.8, 4) is 5.75 Å². The van der Waals surface area contributed by atoms with Crippen LogP contribution in [-0.2, 0) is 26.2 Å². The molecule has 3 aromatic rings. The number of nitrogens with zero attached hydrogens (tertiary/aromatic N) is 2. The molecular formula is C31H36FN3O5S. The van der Waals surface area contributed by atoms with Crippen LogP contribution in [0, 0.1) is 5.82 Å². The van der Waals surface area contributed by atoms with Gasteiger partial charge in [-0.2, -0.15) is 0 Å². The quantitative estimate of drug-likeness (QED) is 0.348. The van der Waals surface area contributed by atoms with Crippen molar-refractivity contribution >= 4 is 27.5 Å². The minimum atomic E-state index is -4.17. The summed E-state index contributed by atoms with van der Waals surface area (Å²) < 4.78 is 47.5. The molecule has 1 aliphatic carbocycles. The van der Waals surface area contributed by atoms with Gasteiger partial charge >= 0.3 is 0 Å². The molecule has 4 rings (SSSR count). The first-order valence-electron chi connectivity index (χ1n) is 13.7. The van der Waals surface area contributed by atoms with E-state index in [1.807, 2.05) is 0 Å². The Labute approximate surface area is 241 Å². The fourth-order valence-corrected chi connectivity index (χ4v) is 6.35. The smallest absolute Gasteiger partial charge is 0.264 e. The standard InChI is InChI=1S/C31H36FN3O5S/c1-23(31(37)33-26-9-5-3-6-10-26)34(21-24-13-15-25(32)16-14-24)30(36)22-35(27-11-7-4-8-12-27)41(38,39)29-19-17-28(40-2)18-20-29/h4,7-8,11-20,23,26H,3,5-6,9-10,21-22H2,1-2H3,(H,33,37)/t23-/m1/s1. The number of nitrogens with one attached hydrogen (secondary N) is 1. The second-order valence-corrected chi connectivity index (χ2v) is 12.1. The number of halogens is 1. The summed E-state index contributed by atoms with van der Waals surface area (Å²) in [7, 11) is -2.69. The van der Waals surface area contributed by atoms with Crippen molar-refractivity contribution in [2.45, 2.75) is 62.6 Å². The molecule has 218 valence electrons. The van der Waals surface area contributed by atoms with Gasteiger partial charge in [0.2, 0.25) is 11.8 Å². The first kappa shape index (κ1) is 30.0. The summed E-state index contributed by atoms with van der Waals surface area (Å²) in [5.74, 6) is -0.802. The Morgan fingerprint density at radius 1 is 0.951 bits per heavy atom. The van der Waals surface area contributed by atoms with Gasteiger partial charge in [-0.1, -0.05) is 49.6 Å². The number of ether oxygens (including phenoxy) is 1. The molecule has 3 aromatic carbocycles. The molecule has 1 fully saturated rings. The molecule has 1 aliphatic rings. The SMILES string of the molecule is COc1ccc(S(=O)(=O)N(CC(=O)N(Cc2ccc(F)cc2)[C@H](C)C(=O)NC2CCCCC2)c2ccccc2)cc1. The average Bonchev–Trinajstić information content (AvgIpc) is 3.00. The number of carbonyl (C=O) groups excluding carboxylic acids is 2.